The van der Waals surface area contributed by atoms with Crippen LogP contribution in [0.5, 0.6) is 0 Å². The van der Waals surface area contributed by atoms with Crippen molar-refractivity contribution in [3.05, 3.63) is 21.4 Å². The smallest absolute Gasteiger partial charge is 0.264 e. The number of aryl methyl sites for hydroxylation is 1. The van der Waals surface area contributed by atoms with Crippen molar-refractivity contribution < 1.29 is 9.53 Å². The van der Waals surface area contributed by atoms with Crippen molar-refractivity contribution in [1.82, 2.24) is 4.90 Å². The Kier molecular flexibility index (Phi) is 5.18. The standard InChI is InChI=1S/C15H20N2O2S/c1-3-12-10-17(7-8-19-12)15(18)14-9-11(2)13(20-14)5-4-6-16/h9,12H,3,6-8,10,16H2,1-2H3. The summed E-state index contributed by atoms with van der Waals surface area (Å²) in [5.74, 6) is 5.94. The maximum absolute atomic E-state index is 12.5. The first-order chi connectivity index (χ1) is 9.65. The maximum Gasteiger partial charge on any atom is 0.264 e. The van der Waals surface area contributed by atoms with Crippen LogP contribution in [0, 0.1) is 18.8 Å². The van der Waals surface area contributed by atoms with E-state index in [-0.39, 0.29) is 12.0 Å². The number of hydrogen-bond acceptors (Lipinski definition) is 4. The number of thiophene rings is 1. The predicted molar refractivity (Wildman–Crippen MR) is 80.9 cm³/mol. The van der Waals surface area contributed by atoms with E-state index in [0.717, 1.165) is 21.7 Å². The summed E-state index contributed by atoms with van der Waals surface area (Å²) in [7, 11) is 0. The molecule has 1 aromatic rings. The van der Waals surface area contributed by atoms with E-state index in [1.54, 1.807) is 0 Å². The van der Waals surface area contributed by atoms with Gasteiger partial charge in [-0.05, 0) is 25.0 Å². The van der Waals surface area contributed by atoms with Crippen molar-refractivity contribution in [3.63, 3.8) is 0 Å². The summed E-state index contributed by atoms with van der Waals surface area (Å²) in [5, 5.41) is 0. The number of rotatable bonds is 2. The molecule has 2 heterocycles. The Morgan fingerprint density at radius 1 is 1.65 bits per heavy atom. The van der Waals surface area contributed by atoms with Crippen LogP contribution < -0.4 is 5.73 Å². The van der Waals surface area contributed by atoms with Crippen LogP contribution >= 0.6 is 11.3 Å². The second-order valence-electron chi connectivity index (χ2n) is 4.78. The average molecular weight is 292 g/mol. The number of carbonyl (C=O) groups excluding carboxylic acids is 1. The lowest BCUT2D eigenvalue weighted by Crippen LogP contribution is -2.45. The molecule has 0 radical (unpaired) electrons. The van der Waals surface area contributed by atoms with Gasteiger partial charge in [0.2, 0.25) is 0 Å². The van der Waals surface area contributed by atoms with Crippen LogP contribution in [0.2, 0.25) is 0 Å². The van der Waals surface area contributed by atoms with Gasteiger partial charge in [0, 0.05) is 13.1 Å². The summed E-state index contributed by atoms with van der Waals surface area (Å²) in [6.45, 7) is 6.35. The second-order valence-corrected chi connectivity index (χ2v) is 5.83. The quantitative estimate of drug-likeness (QED) is 0.843. The normalized spacial score (nSPS) is 18.6. The summed E-state index contributed by atoms with van der Waals surface area (Å²) >= 11 is 1.45. The summed E-state index contributed by atoms with van der Waals surface area (Å²) in [6.07, 6.45) is 1.09. The molecule has 20 heavy (non-hydrogen) atoms. The van der Waals surface area contributed by atoms with Gasteiger partial charge in [-0.2, -0.15) is 0 Å². The van der Waals surface area contributed by atoms with E-state index in [9.17, 15) is 4.79 Å². The Hall–Kier alpha value is -1.35. The first-order valence-corrected chi connectivity index (χ1v) is 7.67. The molecule has 0 bridgehead atoms. The largest absolute Gasteiger partial charge is 0.375 e. The zero-order valence-electron chi connectivity index (χ0n) is 11.9. The molecule has 0 spiro atoms. The molecule has 1 unspecified atom stereocenters. The van der Waals surface area contributed by atoms with Crippen molar-refractivity contribution >= 4 is 17.2 Å². The van der Waals surface area contributed by atoms with Gasteiger partial charge in [-0.25, -0.2) is 0 Å². The van der Waals surface area contributed by atoms with Gasteiger partial charge in [-0.15, -0.1) is 11.3 Å². The van der Waals surface area contributed by atoms with Crippen molar-refractivity contribution in [3.8, 4) is 11.8 Å². The lowest BCUT2D eigenvalue weighted by molar-refractivity contribution is -0.0224. The lowest BCUT2D eigenvalue weighted by atomic mass is 10.2. The van der Waals surface area contributed by atoms with E-state index in [4.69, 9.17) is 10.5 Å². The van der Waals surface area contributed by atoms with Gasteiger partial charge >= 0.3 is 0 Å². The molecule has 1 atom stereocenters. The fourth-order valence-corrected chi connectivity index (χ4v) is 3.16. The molecule has 5 heteroatoms. The van der Waals surface area contributed by atoms with Gasteiger partial charge in [-0.3, -0.25) is 4.79 Å². The summed E-state index contributed by atoms with van der Waals surface area (Å²) in [4.78, 5) is 16.1. The molecule has 4 nitrogen and oxygen atoms in total. The molecule has 1 amide bonds. The van der Waals surface area contributed by atoms with Crippen molar-refractivity contribution in [2.45, 2.75) is 26.4 Å². The third-order valence-corrected chi connectivity index (χ3v) is 4.45. The second kappa shape index (κ2) is 6.89. The van der Waals surface area contributed by atoms with Crippen LogP contribution in [0.25, 0.3) is 0 Å². The number of hydrogen-bond donors (Lipinski definition) is 1. The fourth-order valence-electron chi connectivity index (χ4n) is 2.15. The molecule has 2 N–H and O–H groups in total. The zero-order valence-corrected chi connectivity index (χ0v) is 12.8. The highest BCUT2D eigenvalue weighted by Gasteiger charge is 2.25. The number of ether oxygens (including phenoxy) is 1. The fraction of sp³-hybridized carbons (Fsp3) is 0.533. The number of amides is 1. The van der Waals surface area contributed by atoms with Gasteiger partial charge in [-0.1, -0.05) is 18.8 Å². The topological polar surface area (TPSA) is 55.6 Å². The molecule has 0 saturated carbocycles. The molecule has 1 aliphatic heterocycles. The third-order valence-electron chi connectivity index (χ3n) is 3.31. The molecular weight excluding hydrogens is 272 g/mol. The molecule has 1 fully saturated rings. The van der Waals surface area contributed by atoms with Crippen molar-refractivity contribution in [2.24, 2.45) is 5.73 Å². The van der Waals surface area contributed by atoms with Crippen LogP contribution in [0.1, 0.15) is 33.5 Å². The highest BCUT2D eigenvalue weighted by Crippen LogP contribution is 2.23. The minimum Gasteiger partial charge on any atom is -0.375 e. The van der Waals surface area contributed by atoms with Crippen molar-refractivity contribution in [2.75, 3.05) is 26.2 Å². The SMILES string of the molecule is CCC1CN(C(=O)c2cc(C)c(C#CCN)s2)CCO1. The molecule has 1 aliphatic rings. The van der Waals surface area contributed by atoms with Crippen LogP contribution in [-0.2, 0) is 4.74 Å². The van der Waals surface area contributed by atoms with E-state index in [2.05, 4.69) is 18.8 Å². The van der Waals surface area contributed by atoms with E-state index >= 15 is 0 Å². The Balaban J connectivity index is 2.13. The highest BCUT2D eigenvalue weighted by molar-refractivity contribution is 7.14. The lowest BCUT2D eigenvalue weighted by Gasteiger charge is -2.32. The third kappa shape index (κ3) is 3.40. The van der Waals surface area contributed by atoms with Crippen LogP contribution in [0.4, 0.5) is 0 Å². The van der Waals surface area contributed by atoms with Gasteiger partial charge in [0.25, 0.3) is 5.91 Å². The van der Waals surface area contributed by atoms with E-state index in [0.29, 0.717) is 26.2 Å². The first-order valence-electron chi connectivity index (χ1n) is 6.86. The monoisotopic (exact) mass is 292 g/mol. The molecule has 1 saturated heterocycles. The number of nitrogens with zero attached hydrogens (tertiary/aromatic N) is 1. The predicted octanol–water partition coefficient (Wildman–Crippen LogP) is 1.62. The highest BCUT2D eigenvalue weighted by atomic mass is 32.1. The number of nitrogens with two attached hydrogens (primary N) is 1. The number of carbonyl (C=O) groups is 1. The first kappa shape index (κ1) is 15.0. The minimum absolute atomic E-state index is 0.0839. The molecule has 0 aromatic carbocycles. The molecule has 1 aromatic heterocycles. The summed E-state index contributed by atoms with van der Waals surface area (Å²) in [6, 6.07) is 1.92. The Labute approximate surface area is 123 Å². The zero-order chi connectivity index (χ0) is 14.5. The van der Waals surface area contributed by atoms with Gasteiger partial charge in [0.05, 0.1) is 29.0 Å². The number of morpholine rings is 1. The molecule has 2 rings (SSSR count). The van der Waals surface area contributed by atoms with E-state index in [1.807, 2.05) is 17.9 Å². The molecule has 0 aliphatic carbocycles. The van der Waals surface area contributed by atoms with E-state index in [1.165, 1.54) is 11.3 Å². The molecule has 108 valence electrons. The summed E-state index contributed by atoms with van der Waals surface area (Å²) in [5.41, 5.74) is 6.42. The van der Waals surface area contributed by atoms with Crippen LogP contribution in [-0.4, -0.2) is 43.2 Å². The van der Waals surface area contributed by atoms with Crippen LogP contribution in [0.15, 0.2) is 6.07 Å². The Morgan fingerprint density at radius 2 is 2.45 bits per heavy atom. The van der Waals surface area contributed by atoms with Crippen LogP contribution in [0.3, 0.4) is 0 Å². The maximum atomic E-state index is 12.5. The van der Waals surface area contributed by atoms with Gasteiger partial charge < -0.3 is 15.4 Å². The summed E-state index contributed by atoms with van der Waals surface area (Å²) < 4.78 is 5.60. The minimum atomic E-state index is 0.0839. The Morgan fingerprint density at radius 3 is 3.15 bits per heavy atom. The molecular formula is C15H20N2O2S. The van der Waals surface area contributed by atoms with Gasteiger partial charge in [0.15, 0.2) is 0 Å². The average Bonchev–Trinajstić information content (AvgIpc) is 2.85. The van der Waals surface area contributed by atoms with Gasteiger partial charge in [0.1, 0.15) is 0 Å². The van der Waals surface area contributed by atoms with Crippen molar-refractivity contribution in [1.29, 1.82) is 0 Å². The van der Waals surface area contributed by atoms with E-state index < -0.39 is 0 Å². The Bertz CT molecular complexity index is 542.